The molecule has 2 aromatic carbocycles. The van der Waals surface area contributed by atoms with E-state index in [4.69, 9.17) is 16.3 Å². The summed E-state index contributed by atoms with van der Waals surface area (Å²) < 4.78 is 45.5. The summed E-state index contributed by atoms with van der Waals surface area (Å²) in [7, 11) is -3.69. The predicted octanol–water partition coefficient (Wildman–Crippen LogP) is 3.24. The summed E-state index contributed by atoms with van der Waals surface area (Å²) >= 11 is 6.02. The zero-order chi connectivity index (χ0) is 16.4. The molecule has 7 heteroatoms. The molecule has 1 heterocycles. The van der Waals surface area contributed by atoms with Crippen LogP contribution in [-0.4, -0.2) is 32.4 Å². The minimum absolute atomic E-state index is 0.0847. The third-order valence-corrected chi connectivity index (χ3v) is 6.09. The number of morpholine rings is 1. The summed E-state index contributed by atoms with van der Waals surface area (Å²) in [6.07, 6.45) is -0.429. The Morgan fingerprint density at radius 3 is 2.52 bits per heavy atom. The van der Waals surface area contributed by atoms with Crippen molar-refractivity contribution in [1.29, 1.82) is 0 Å². The van der Waals surface area contributed by atoms with Crippen LogP contribution in [0.1, 0.15) is 11.7 Å². The smallest absolute Gasteiger partial charge is 0.244 e. The Kier molecular flexibility index (Phi) is 4.68. The van der Waals surface area contributed by atoms with Gasteiger partial charge >= 0.3 is 0 Å². The first-order chi connectivity index (χ1) is 11.0. The molecule has 1 atom stereocenters. The van der Waals surface area contributed by atoms with E-state index in [1.807, 2.05) is 0 Å². The molecule has 3 rings (SSSR count). The van der Waals surface area contributed by atoms with Crippen molar-refractivity contribution in [2.45, 2.75) is 11.0 Å². The van der Waals surface area contributed by atoms with Gasteiger partial charge < -0.3 is 4.74 Å². The molecule has 0 aliphatic carbocycles. The van der Waals surface area contributed by atoms with Crippen molar-refractivity contribution in [3.8, 4) is 0 Å². The van der Waals surface area contributed by atoms with Crippen molar-refractivity contribution >= 4 is 21.6 Å². The van der Waals surface area contributed by atoms with Gasteiger partial charge in [0.2, 0.25) is 10.0 Å². The number of rotatable bonds is 3. The Labute approximate surface area is 139 Å². The molecule has 4 nitrogen and oxygen atoms in total. The summed E-state index contributed by atoms with van der Waals surface area (Å²) in [5, 5.41) is 0.192. The molecular formula is C16H15ClFNO3S. The molecule has 0 aromatic heterocycles. The van der Waals surface area contributed by atoms with E-state index < -0.39 is 16.1 Å². The lowest BCUT2D eigenvalue weighted by Gasteiger charge is -2.32. The average molecular weight is 356 g/mol. The van der Waals surface area contributed by atoms with Crippen LogP contribution in [0, 0.1) is 5.82 Å². The maximum absolute atomic E-state index is 13.0. The number of benzene rings is 2. The summed E-state index contributed by atoms with van der Waals surface area (Å²) in [5.41, 5.74) is 0.741. The summed E-state index contributed by atoms with van der Waals surface area (Å²) in [6, 6.07) is 12.2. The van der Waals surface area contributed by atoms with Gasteiger partial charge in [0.25, 0.3) is 0 Å². The molecular weight excluding hydrogens is 341 g/mol. The maximum atomic E-state index is 13.0. The lowest BCUT2D eigenvalue weighted by atomic mass is 10.1. The van der Waals surface area contributed by atoms with E-state index in [2.05, 4.69) is 0 Å². The van der Waals surface area contributed by atoms with Gasteiger partial charge in [0.05, 0.1) is 17.7 Å². The Bertz CT molecular complexity index is 795. The minimum atomic E-state index is -3.69. The second-order valence-corrected chi connectivity index (χ2v) is 7.52. The third-order valence-electron chi connectivity index (χ3n) is 3.73. The van der Waals surface area contributed by atoms with Gasteiger partial charge in [-0.1, -0.05) is 35.9 Å². The van der Waals surface area contributed by atoms with Crippen LogP contribution < -0.4 is 0 Å². The molecule has 1 saturated heterocycles. The van der Waals surface area contributed by atoms with Gasteiger partial charge in [-0.3, -0.25) is 0 Å². The third kappa shape index (κ3) is 3.40. The first-order valence-corrected chi connectivity index (χ1v) is 8.92. The monoisotopic (exact) mass is 355 g/mol. The normalized spacial score (nSPS) is 19.7. The van der Waals surface area contributed by atoms with Crippen LogP contribution in [0.3, 0.4) is 0 Å². The summed E-state index contributed by atoms with van der Waals surface area (Å²) in [5.74, 6) is -0.342. The van der Waals surface area contributed by atoms with Gasteiger partial charge in [-0.25, -0.2) is 12.8 Å². The predicted molar refractivity (Wildman–Crippen MR) is 85.3 cm³/mol. The zero-order valence-corrected chi connectivity index (χ0v) is 13.7. The van der Waals surface area contributed by atoms with Crippen molar-refractivity contribution in [1.82, 2.24) is 4.31 Å². The first-order valence-electron chi connectivity index (χ1n) is 7.10. The largest absolute Gasteiger partial charge is 0.371 e. The maximum Gasteiger partial charge on any atom is 0.244 e. The number of ether oxygens (including phenoxy) is 1. The van der Waals surface area contributed by atoms with Crippen LogP contribution in [-0.2, 0) is 14.8 Å². The lowest BCUT2D eigenvalue weighted by Crippen LogP contribution is -2.42. The fourth-order valence-corrected chi connectivity index (χ4v) is 4.43. The zero-order valence-electron chi connectivity index (χ0n) is 12.2. The Morgan fingerprint density at radius 2 is 1.83 bits per heavy atom. The molecule has 0 N–H and O–H groups in total. The molecule has 0 radical (unpaired) electrons. The van der Waals surface area contributed by atoms with Crippen molar-refractivity contribution < 1.29 is 17.5 Å². The molecule has 23 heavy (non-hydrogen) atoms. The number of hydrogen-bond acceptors (Lipinski definition) is 3. The molecule has 0 saturated carbocycles. The van der Waals surface area contributed by atoms with Gasteiger partial charge in [0, 0.05) is 13.1 Å². The fraction of sp³-hybridized carbons (Fsp3) is 0.250. The van der Waals surface area contributed by atoms with E-state index in [1.54, 1.807) is 30.3 Å². The van der Waals surface area contributed by atoms with Crippen LogP contribution >= 0.6 is 11.6 Å². The topological polar surface area (TPSA) is 46.6 Å². The molecule has 122 valence electrons. The second-order valence-electron chi connectivity index (χ2n) is 5.20. The lowest BCUT2D eigenvalue weighted by molar-refractivity contribution is -0.00258. The van der Waals surface area contributed by atoms with Gasteiger partial charge in [0.1, 0.15) is 10.7 Å². The van der Waals surface area contributed by atoms with Crippen molar-refractivity contribution in [2.75, 3.05) is 19.7 Å². The van der Waals surface area contributed by atoms with Gasteiger partial charge in [-0.15, -0.1) is 0 Å². The fourth-order valence-electron chi connectivity index (χ4n) is 2.52. The van der Waals surface area contributed by atoms with E-state index >= 15 is 0 Å². The van der Waals surface area contributed by atoms with Crippen LogP contribution in [0.4, 0.5) is 4.39 Å². The van der Waals surface area contributed by atoms with Gasteiger partial charge in [0.15, 0.2) is 0 Å². The Balaban J connectivity index is 1.86. The molecule has 0 amide bonds. The van der Waals surface area contributed by atoms with Gasteiger partial charge in [-0.2, -0.15) is 4.31 Å². The molecule has 1 unspecified atom stereocenters. The van der Waals surface area contributed by atoms with E-state index in [0.717, 1.165) is 5.56 Å². The molecule has 1 fully saturated rings. The number of hydrogen-bond donors (Lipinski definition) is 0. The molecule has 2 aromatic rings. The van der Waals surface area contributed by atoms with E-state index in [-0.39, 0.29) is 35.4 Å². The molecule has 1 aliphatic heterocycles. The highest BCUT2D eigenvalue weighted by Gasteiger charge is 2.32. The van der Waals surface area contributed by atoms with Crippen molar-refractivity contribution in [3.05, 3.63) is 64.9 Å². The van der Waals surface area contributed by atoms with E-state index in [1.165, 1.54) is 22.5 Å². The standard InChI is InChI=1S/C16H15ClFNO3S/c17-14-3-1-2-4-16(14)23(20,21)19-9-10-22-15(11-19)12-5-7-13(18)8-6-12/h1-8,15H,9-11H2. The van der Waals surface area contributed by atoms with Crippen LogP contribution in [0.2, 0.25) is 5.02 Å². The van der Waals surface area contributed by atoms with Gasteiger partial charge in [-0.05, 0) is 29.8 Å². The molecule has 0 bridgehead atoms. The van der Waals surface area contributed by atoms with E-state index in [0.29, 0.717) is 0 Å². The quantitative estimate of drug-likeness (QED) is 0.849. The number of nitrogens with zero attached hydrogens (tertiary/aromatic N) is 1. The number of sulfonamides is 1. The van der Waals surface area contributed by atoms with Crippen molar-refractivity contribution in [3.63, 3.8) is 0 Å². The highest BCUT2D eigenvalue weighted by atomic mass is 35.5. The number of halogens is 2. The first kappa shape index (κ1) is 16.4. The summed E-state index contributed by atoms with van der Waals surface area (Å²) in [4.78, 5) is 0.0847. The second kappa shape index (κ2) is 6.57. The van der Waals surface area contributed by atoms with Crippen LogP contribution in [0.15, 0.2) is 53.4 Å². The van der Waals surface area contributed by atoms with E-state index in [9.17, 15) is 12.8 Å². The highest BCUT2D eigenvalue weighted by molar-refractivity contribution is 7.89. The van der Waals surface area contributed by atoms with Crippen LogP contribution in [0.5, 0.6) is 0 Å². The average Bonchev–Trinajstić information content (AvgIpc) is 2.56. The SMILES string of the molecule is O=S(=O)(c1ccccc1Cl)N1CCOC(c2ccc(F)cc2)C1. The van der Waals surface area contributed by atoms with Crippen LogP contribution in [0.25, 0.3) is 0 Å². The minimum Gasteiger partial charge on any atom is -0.371 e. The Morgan fingerprint density at radius 1 is 1.13 bits per heavy atom. The highest BCUT2D eigenvalue weighted by Crippen LogP contribution is 2.29. The molecule has 1 aliphatic rings. The van der Waals surface area contributed by atoms with Crippen molar-refractivity contribution in [2.24, 2.45) is 0 Å². The summed E-state index contributed by atoms with van der Waals surface area (Å²) in [6.45, 7) is 0.691. The Hall–Kier alpha value is -1.47. The molecule has 0 spiro atoms.